The van der Waals surface area contributed by atoms with E-state index in [4.69, 9.17) is 0 Å². The van der Waals surface area contributed by atoms with Crippen LogP contribution in [0.2, 0.25) is 0 Å². The second kappa shape index (κ2) is 8.15. The molecular weight excluding hydrogens is 370 g/mol. The molecule has 1 amide bonds. The number of aromatic nitrogens is 3. The third-order valence-corrected chi connectivity index (χ3v) is 7.00. The van der Waals surface area contributed by atoms with Gasteiger partial charge in [-0.2, -0.15) is 11.8 Å². The van der Waals surface area contributed by atoms with Crippen molar-refractivity contribution in [1.82, 2.24) is 19.7 Å². The summed E-state index contributed by atoms with van der Waals surface area (Å²) in [5.74, 6) is 2.04. The molecule has 1 atom stereocenters. The van der Waals surface area contributed by atoms with E-state index in [1.165, 1.54) is 11.1 Å². The first-order valence-electron chi connectivity index (χ1n) is 10.1. The number of benzene rings is 1. The van der Waals surface area contributed by atoms with Crippen LogP contribution in [-0.4, -0.2) is 56.7 Å². The normalized spacial score (nSPS) is 18.0. The lowest BCUT2D eigenvalue weighted by Crippen LogP contribution is -2.35. The summed E-state index contributed by atoms with van der Waals surface area (Å²) in [4.78, 5) is 16.3. The second-order valence-electron chi connectivity index (χ2n) is 7.93. The Morgan fingerprint density at radius 2 is 1.96 bits per heavy atom. The van der Waals surface area contributed by atoms with Gasteiger partial charge in [0.2, 0.25) is 11.9 Å². The molecule has 0 radical (unpaired) electrons. The van der Waals surface area contributed by atoms with Gasteiger partial charge < -0.3 is 9.80 Å². The van der Waals surface area contributed by atoms with E-state index < -0.39 is 0 Å². The van der Waals surface area contributed by atoms with Crippen molar-refractivity contribution in [2.24, 2.45) is 0 Å². The Balaban J connectivity index is 1.58. The minimum Gasteiger partial charge on any atom is -0.340 e. The van der Waals surface area contributed by atoms with Crippen LogP contribution >= 0.6 is 11.8 Å². The van der Waals surface area contributed by atoms with Gasteiger partial charge in [0, 0.05) is 37.8 Å². The molecule has 28 heavy (non-hydrogen) atoms. The van der Waals surface area contributed by atoms with E-state index in [1.54, 1.807) is 0 Å². The SMILES string of the molecule is CSC(C)Cn1c(CN2CCCC2=O)nnc1N(C)C1Cc2ccccc2C1. The predicted octanol–water partition coefficient (Wildman–Crippen LogP) is 2.76. The molecule has 0 spiro atoms. The highest BCUT2D eigenvalue weighted by Crippen LogP contribution is 2.28. The quantitative estimate of drug-likeness (QED) is 0.717. The molecule has 0 saturated carbocycles. The molecule has 2 aliphatic rings. The summed E-state index contributed by atoms with van der Waals surface area (Å²) in [7, 11) is 2.13. The number of likely N-dealkylation sites (N-methyl/N-ethyl adjacent to an activating group) is 1. The van der Waals surface area contributed by atoms with E-state index in [1.807, 2.05) is 16.7 Å². The van der Waals surface area contributed by atoms with Crippen LogP contribution < -0.4 is 4.90 Å². The van der Waals surface area contributed by atoms with Crippen LogP contribution in [0.3, 0.4) is 0 Å². The van der Waals surface area contributed by atoms with Gasteiger partial charge in [-0.25, -0.2) is 0 Å². The molecule has 0 bridgehead atoms. The molecule has 1 saturated heterocycles. The lowest BCUT2D eigenvalue weighted by atomic mass is 10.1. The summed E-state index contributed by atoms with van der Waals surface area (Å²) in [5, 5.41) is 9.54. The Kier molecular flexibility index (Phi) is 5.62. The lowest BCUT2D eigenvalue weighted by Gasteiger charge is -2.27. The lowest BCUT2D eigenvalue weighted by molar-refractivity contribution is -0.128. The van der Waals surface area contributed by atoms with Crippen molar-refractivity contribution in [3.63, 3.8) is 0 Å². The molecule has 2 aromatic rings. The third-order valence-electron chi connectivity index (χ3n) is 6.05. The number of thioether (sulfide) groups is 1. The Labute approximate surface area is 171 Å². The summed E-state index contributed by atoms with van der Waals surface area (Å²) >= 11 is 1.84. The average molecular weight is 400 g/mol. The van der Waals surface area contributed by atoms with Gasteiger partial charge >= 0.3 is 0 Å². The second-order valence-corrected chi connectivity index (χ2v) is 9.21. The maximum Gasteiger partial charge on any atom is 0.227 e. The predicted molar refractivity (Wildman–Crippen MR) is 114 cm³/mol. The molecule has 0 N–H and O–H groups in total. The van der Waals surface area contributed by atoms with Gasteiger partial charge in [-0.15, -0.1) is 10.2 Å². The number of hydrogen-bond acceptors (Lipinski definition) is 5. The largest absolute Gasteiger partial charge is 0.340 e. The van der Waals surface area contributed by atoms with Crippen molar-refractivity contribution in [3.8, 4) is 0 Å². The maximum atomic E-state index is 12.1. The number of nitrogens with zero attached hydrogens (tertiary/aromatic N) is 5. The van der Waals surface area contributed by atoms with Crippen LogP contribution in [0.25, 0.3) is 0 Å². The topological polar surface area (TPSA) is 54.3 Å². The molecule has 4 rings (SSSR count). The van der Waals surface area contributed by atoms with Crippen molar-refractivity contribution in [2.45, 2.75) is 57.0 Å². The molecule has 1 unspecified atom stereocenters. The Bertz CT molecular complexity index is 826. The van der Waals surface area contributed by atoms with Crippen molar-refractivity contribution in [2.75, 3.05) is 24.7 Å². The van der Waals surface area contributed by atoms with Crippen LogP contribution in [0, 0.1) is 0 Å². The fraction of sp³-hybridized carbons (Fsp3) is 0.571. The van der Waals surface area contributed by atoms with E-state index in [0.29, 0.717) is 24.3 Å². The number of carbonyl (C=O) groups is 1. The smallest absolute Gasteiger partial charge is 0.227 e. The number of likely N-dealkylation sites (tertiary alicyclic amines) is 1. The molecule has 7 heteroatoms. The molecule has 1 fully saturated rings. The van der Waals surface area contributed by atoms with E-state index >= 15 is 0 Å². The Morgan fingerprint density at radius 1 is 1.25 bits per heavy atom. The molecule has 1 aliphatic heterocycles. The van der Waals surface area contributed by atoms with Gasteiger partial charge in [-0.1, -0.05) is 31.2 Å². The summed E-state index contributed by atoms with van der Waals surface area (Å²) in [6.45, 7) is 4.47. The highest BCUT2D eigenvalue weighted by atomic mass is 32.2. The third kappa shape index (κ3) is 3.77. The monoisotopic (exact) mass is 399 g/mol. The Hall–Kier alpha value is -2.02. The van der Waals surface area contributed by atoms with Crippen LogP contribution in [0.4, 0.5) is 5.95 Å². The standard InChI is InChI=1S/C21H29N5OS/c1-15(28-3)13-26-19(14-25-10-6-9-20(25)27)22-23-21(26)24(2)18-11-16-7-4-5-8-17(16)12-18/h4-5,7-8,15,18H,6,9-14H2,1-3H3. The molecule has 150 valence electrons. The van der Waals surface area contributed by atoms with Crippen molar-refractivity contribution < 1.29 is 4.79 Å². The zero-order valence-electron chi connectivity index (χ0n) is 17.0. The molecular formula is C21H29N5OS. The minimum absolute atomic E-state index is 0.230. The molecule has 1 aromatic carbocycles. The minimum atomic E-state index is 0.230. The number of fused-ring (bicyclic) bond motifs is 1. The van der Waals surface area contributed by atoms with Crippen molar-refractivity contribution in [1.29, 1.82) is 0 Å². The van der Waals surface area contributed by atoms with Crippen molar-refractivity contribution in [3.05, 3.63) is 41.2 Å². The van der Waals surface area contributed by atoms with Gasteiger partial charge in [-0.05, 0) is 36.6 Å². The molecule has 6 nitrogen and oxygen atoms in total. The van der Waals surface area contributed by atoms with Crippen molar-refractivity contribution >= 4 is 23.6 Å². The fourth-order valence-corrected chi connectivity index (χ4v) is 4.54. The maximum absolute atomic E-state index is 12.1. The summed E-state index contributed by atoms with van der Waals surface area (Å²) in [6, 6.07) is 9.10. The summed E-state index contributed by atoms with van der Waals surface area (Å²) < 4.78 is 2.23. The van der Waals surface area contributed by atoms with Gasteiger partial charge in [0.25, 0.3) is 0 Å². The summed E-state index contributed by atoms with van der Waals surface area (Å²) in [5.41, 5.74) is 2.87. The zero-order chi connectivity index (χ0) is 19.7. The number of anilines is 1. The first kappa shape index (κ1) is 19.3. The van der Waals surface area contributed by atoms with E-state index in [-0.39, 0.29) is 5.91 Å². The number of rotatable bonds is 7. The fourth-order valence-electron chi connectivity index (χ4n) is 4.24. The Morgan fingerprint density at radius 3 is 2.57 bits per heavy atom. The van der Waals surface area contributed by atoms with Crippen LogP contribution in [0.15, 0.2) is 24.3 Å². The highest BCUT2D eigenvalue weighted by Gasteiger charge is 2.29. The van der Waals surface area contributed by atoms with E-state index in [9.17, 15) is 4.79 Å². The molecule has 1 aromatic heterocycles. The van der Waals surface area contributed by atoms with Gasteiger partial charge in [-0.3, -0.25) is 9.36 Å². The van der Waals surface area contributed by atoms with E-state index in [0.717, 1.165) is 44.1 Å². The van der Waals surface area contributed by atoms with Crippen LogP contribution in [-0.2, 0) is 30.7 Å². The highest BCUT2D eigenvalue weighted by molar-refractivity contribution is 7.99. The van der Waals surface area contributed by atoms with E-state index in [2.05, 4.69) is 64.2 Å². The first-order chi connectivity index (χ1) is 13.6. The van der Waals surface area contributed by atoms with Crippen LogP contribution in [0.1, 0.15) is 36.7 Å². The number of amides is 1. The average Bonchev–Trinajstić information content (AvgIpc) is 3.41. The van der Waals surface area contributed by atoms with Gasteiger partial charge in [0.1, 0.15) is 0 Å². The first-order valence-corrected chi connectivity index (χ1v) is 11.4. The number of carbonyl (C=O) groups excluding carboxylic acids is 1. The van der Waals surface area contributed by atoms with Crippen LogP contribution in [0.5, 0.6) is 0 Å². The molecule has 1 aliphatic carbocycles. The zero-order valence-corrected chi connectivity index (χ0v) is 17.8. The molecule has 2 heterocycles. The van der Waals surface area contributed by atoms with Gasteiger partial charge in [0.05, 0.1) is 6.54 Å². The number of hydrogen-bond donors (Lipinski definition) is 0. The van der Waals surface area contributed by atoms with Gasteiger partial charge in [0.15, 0.2) is 5.82 Å². The summed E-state index contributed by atoms with van der Waals surface area (Å²) in [6.07, 6.45) is 5.81.